The maximum Gasteiger partial charge on any atom is 0.291 e. The van der Waals surface area contributed by atoms with Crippen molar-refractivity contribution in [2.75, 3.05) is 10.6 Å². The van der Waals surface area contributed by atoms with Gasteiger partial charge in [0.2, 0.25) is 0 Å². The number of aromatic nitrogens is 6. The van der Waals surface area contributed by atoms with E-state index >= 15 is 0 Å². The van der Waals surface area contributed by atoms with Crippen molar-refractivity contribution in [2.24, 2.45) is 0 Å². The van der Waals surface area contributed by atoms with Gasteiger partial charge in [0.25, 0.3) is 11.1 Å². The fourth-order valence-corrected chi connectivity index (χ4v) is 6.50. The van der Waals surface area contributed by atoms with Gasteiger partial charge in [-0.2, -0.15) is 10.2 Å². The first-order chi connectivity index (χ1) is 26.5. The third-order valence-corrected chi connectivity index (χ3v) is 8.98. The molecule has 0 aliphatic carbocycles. The number of fused-ring (bicyclic) bond motifs is 1. The van der Waals surface area contributed by atoms with E-state index < -0.39 is 0 Å². The summed E-state index contributed by atoms with van der Waals surface area (Å²) >= 11 is 3.51. The number of Topliss-reactive ketones (excluding diaryl/α,β-unsaturated/α-hetero) is 2. The number of pyridine rings is 1. The Morgan fingerprint density at radius 1 is 0.727 bits per heavy atom. The molecule has 7 rings (SSSR count). The van der Waals surface area contributed by atoms with Crippen LogP contribution in [0.15, 0.2) is 116 Å². The number of nitrogens with one attached hydrogen (secondary N) is 2. The number of anilines is 4. The van der Waals surface area contributed by atoms with Gasteiger partial charge in [0.15, 0.2) is 17.4 Å². The molecule has 14 heteroatoms. The number of ketones is 2. The van der Waals surface area contributed by atoms with E-state index in [0.717, 1.165) is 21.0 Å². The zero-order valence-electron chi connectivity index (χ0n) is 30.8. The molecule has 278 valence electrons. The van der Waals surface area contributed by atoms with Gasteiger partial charge in [0.1, 0.15) is 28.5 Å². The van der Waals surface area contributed by atoms with Gasteiger partial charge in [-0.05, 0) is 52.8 Å². The standard InChI is InChI=1S/C23H19BrN4O2.C18H18N4O3/c1-3-28-23(30)22(19(14(2)29)21(27-28)15-8-5-4-6-9-15)26-18-13-17(24)12-16-10-7-11-25-20(16)18;1-4-22-18(24)17(19-14-10-11(2)25-21-14)15(12(3)23)16(20-22)13-8-6-5-7-9-13/h4-13,26H,3H2,1-2H3;5-10H,4H2,1-3H3,(H,19,21). The number of carbonyl (C=O) groups excluding carboxylic acids is 2. The lowest BCUT2D eigenvalue weighted by Crippen LogP contribution is -2.28. The minimum atomic E-state index is -0.381. The van der Waals surface area contributed by atoms with E-state index in [2.05, 4.69) is 46.9 Å². The number of hydrogen-bond acceptors (Lipinski definition) is 11. The molecule has 0 aliphatic heterocycles. The number of hydrogen-bond donors (Lipinski definition) is 2. The Hall–Kier alpha value is -6.54. The Bertz CT molecular complexity index is 2650. The summed E-state index contributed by atoms with van der Waals surface area (Å²) in [6.45, 7) is 9.03. The summed E-state index contributed by atoms with van der Waals surface area (Å²) in [5.74, 6) is 0.468. The fraction of sp³-hybridized carbons (Fsp3) is 0.171. The highest BCUT2D eigenvalue weighted by atomic mass is 79.9. The predicted molar refractivity (Wildman–Crippen MR) is 216 cm³/mol. The van der Waals surface area contributed by atoms with Gasteiger partial charge in [0, 0.05) is 46.3 Å². The first-order valence-corrected chi connectivity index (χ1v) is 18.2. The number of nitrogens with zero attached hydrogens (tertiary/aromatic N) is 6. The summed E-state index contributed by atoms with van der Waals surface area (Å²) in [5, 5.41) is 19.8. The van der Waals surface area contributed by atoms with Crippen LogP contribution >= 0.6 is 15.9 Å². The molecule has 0 aliphatic rings. The van der Waals surface area contributed by atoms with Gasteiger partial charge in [-0.25, -0.2) is 9.36 Å². The van der Waals surface area contributed by atoms with Crippen LogP contribution in [0.25, 0.3) is 33.4 Å². The van der Waals surface area contributed by atoms with Crippen LogP contribution in [-0.2, 0) is 13.1 Å². The Balaban J connectivity index is 0.000000190. The molecule has 55 heavy (non-hydrogen) atoms. The Morgan fingerprint density at radius 2 is 1.25 bits per heavy atom. The van der Waals surface area contributed by atoms with Crippen molar-refractivity contribution in [3.63, 3.8) is 0 Å². The zero-order chi connectivity index (χ0) is 39.2. The number of rotatable bonds is 10. The molecule has 0 atom stereocenters. The summed E-state index contributed by atoms with van der Waals surface area (Å²) in [4.78, 5) is 55.4. The van der Waals surface area contributed by atoms with Gasteiger partial charge in [0.05, 0.1) is 22.3 Å². The van der Waals surface area contributed by atoms with Crippen molar-refractivity contribution < 1.29 is 14.1 Å². The fourth-order valence-electron chi connectivity index (χ4n) is 6.02. The van der Waals surface area contributed by atoms with E-state index in [1.165, 1.54) is 23.2 Å². The monoisotopic (exact) mass is 800 g/mol. The molecule has 0 radical (unpaired) electrons. The van der Waals surface area contributed by atoms with Crippen molar-refractivity contribution in [3.8, 4) is 22.5 Å². The minimum absolute atomic E-state index is 0.150. The highest BCUT2D eigenvalue weighted by molar-refractivity contribution is 9.10. The molecule has 4 aromatic heterocycles. The molecule has 0 spiro atoms. The third kappa shape index (κ3) is 8.19. The highest BCUT2D eigenvalue weighted by Crippen LogP contribution is 2.32. The Morgan fingerprint density at radius 3 is 1.73 bits per heavy atom. The molecular weight excluding hydrogens is 764 g/mol. The molecule has 0 saturated heterocycles. The lowest BCUT2D eigenvalue weighted by atomic mass is 10.0. The number of aryl methyl sites for hydroxylation is 3. The molecule has 3 aromatic carbocycles. The largest absolute Gasteiger partial charge is 0.360 e. The van der Waals surface area contributed by atoms with Crippen LogP contribution in [0, 0.1) is 6.92 Å². The second-order valence-corrected chi connectivity index (χ2v) is 13.3. The number of halogens is 1. The summed E-state index contributed by atoms with van der Waals surface area (Å²) < 4.78 is 8.55. The SMILES string of the molecule is CCn1nc(-c2ccccc2)c(C(C)=O)c(Nc2cc(Br)cc3cccnc23)c1=O.CCn1nc(-c2ccccc2)c(C(C)=O)c(Nc2cc(C)on2)c1=O. The van der Waals surface area contributed by atoms with Crippen molar-refractivity contribution in [3.05, 3.63) is 139 Å². The van der Waals surface area contributed by atoms with Gasteiger partial charge in [-0.1, -0.05) is 87.8 Å². The lowest BCUT2D eigenvalue weighted by molar-refractivity contribution is 0.101. The normalized spacial score (nSPS) is 10.8. The minimum Gasteiger partial charge on any atom is -0.360 e. The van der Waals surface area contributed by atoms with E-state index in [-0.39, 0.29) is 45.2 Å². The maximum absolute atomic E-state index is 13.2. The highest BCUT2D eigenvalue weighted by Gasteiger charge is 2.24. The molecule has 0 fully saturated rings. The number of benzene rings is 3. The van der Waals surface area contributed by atoms with Crippen molar-refractivity contribution in [1.82, 2.24) is 29.7 Å². The number of carbonyl (C=O) groups is 2. The summed E-state index contributed by atoms with van der Waals surface area (Å²) in [6.07, 6.45) is 1.69. The second kappa shape index (κ2) is 16.6. The topological polar surface area (TPSA) is 167 Å². The van der Waals surface area contributed by atoms with Crippen LogP contribution in [0.4, 0.5) is 22.9 Å². The molecular formula is C41H37BrN8O5. The lowest BCUT2D eigenvalue weighted by Gasteiger charge is -2.17. The molecule has 2 N–H and O–H groups in total. The molecule has 0 bridgehead atoms. The van der Waals surface area contributed by atoms with Crippen LogP contribution in [-0.4, -0.2) is 41.3 Å². The zero-order valence-corrected chi connectivity index (χ0v) is 32.3. The van der Waals surface area contributed by atoms with Crippen LogP contribution < -0.4 is 21.8 Å². The van der Waals surface area contributed by atoms with Gasteiger partial charge < -0.3 is 15.2 Å². The quantitative estimate of drug-likeness (QED) is 0.128. The van der Waals surface area contributed by atoms with Gasteiger partial charge in [-0.15, -0.1) is 0 Å². The van der Waals surface area contributed by atoms with Gasteiger partial charge >= 0.3 is 0 Å². The summed E-state index contributed by atoms with van der Waals surface area (Å²) in [6, 6.07) is 27.9. The van der Waals surface area contributed by atoms with Gasteiger partial charge in [-0.3, -0.25) is 24.2 Å². The third-order valence-electron chi connectivity index (χ3n) is 8.52. The van der Waals surface area contributed by atoms with E-state index in [1.807, 2.05) is 98.8 Å². The molecule has 0 amide bonds. The van der Waals surface area contributed by atoms with Crippen LogP contribution in [0.1, 0.15) is 54.2 Å². The van der Waals surface area contributed by atoms with Crippen LogP contribution in [0.5, 0.6) is 0 Å². The Kier molecular flexibility index (Phi) is 11.6. The smallest absolute Gasteiger partial charge is 0.291 e. The van der Waals surface area contributed by atoms with Crippen LogP contribution in [0.3, 0.4) is 0 Å². The maximum atomic E-state index is 13.2. The van der Waals surface area contributed by atoms with Crippen molar-refractivity contribution >= 4 is 61.3 Å². The molecule has 4 heterocycles. The molecule has 7 aromatic rings. The first kappa shape index (κ1) is 38.2. The summed E-state index contributed by atoms with van der Waals surface area (Å²) in [5.41, 5.74) is 3.90. The average Bonchev–Trinajstić information content (AvgIpc) is 3.60. The Labute approximate surface area is 324 Å². The molecule has 0 saturated carbocycles. The average molecular weight is 802 g/mol. The molecule has 0 unspecified atom stereocenters. The van der Waals surface area contributed by atoms with E-state index in [9.17, 15) is 19.2 Å². The van der Waals surface area contributed by atoms with Crippen LogP contribution in [0.2, 0.25) is 0 Å². The van der Waals surface area contributed by atoms with E-state index in [1.54, 1.807) is 19.2 Å². The van der Waals surface area contributed by atoms with Crippen molar-refractivity contribution in [1.29, 1.82) is 0 Å². The second-order valence-electron chi connectivity index (χ2n) is 12.4. The summed E-state index contributed by atoms with van der Waals surface area (Å²) in [7, 11) is 0. The van der Waals surface area contributed by atoms with Crippen molar-refractivity contribution in [2.45, 2.75) is 47.7 Å². The van der Waals surface area contributed by atoms with E-state index in [4.69, 9.17) is 4.52 Å². The predicted octanol–water partition coefficient (Wildman–Crippen LogP) is 8.36. The molecule has 13 nitrogen and oxygen atoms in total. The van der Waals surface area contributed by atoms with E-state index in [0.29, 0.717) is 47.3 Å². The first-order valence-electron chi connectivity index (χ1n) is 17.4.